The Hall–Kier alpha value is -0.940. The number of fused-ring (bicyclic) bond motifs is 1. The average Bonchev–Trinajstić information content (AvgIpc) is 2.55. The molecule has 4 nitrogen and oxygen atoms in total. The number of hydrogen-bond acceptors (Lipinski definition) is 3. The van der Waals surface area contributed by atoms with Gasteiger partial charge < -0.3 is 9.30 Å². The van der Waals surface area contributed by atoms with Crippen LogP contribution in [-0.2, 0) is 17.7 Å². The number of hydrogen-bond donors (Lipinski definition) is 0. The molecule has 0 unspecified atom stereocenters. The van der Waals surface area contributed by atoms with E-state index in [2.05, 4.69) is 4.98 Å². The molecule has 2 rings (SSSR count). The summed E-state index contributed by atoms with van der Waals surface area (Å²) in [6.45, 7) is 2.09. The number of halogens is 2. The van der Waals surface area contributed by atoms with Crippen molar-refractivity contribution in [1.82, 2.24) is 9.55 Å². The Morgan fingerprint density at radius 1 is 1.67 bits per heavy atom. The lowest BCUT2D eigenvalue weighted by atomic mass is 10.1. The van der Waals surface area contributed by atoms with Gasteiger partial charge in [-0.3, -0.25) is 4.79 Å². The van der Waals surface area contributed by atoms with E-state index in [4.69, 9.17) is 16.3 Å². The van der Waals surface area contributed by atoms with E-state index in [0.717, 1.165) is 12.1 Å². The molecule has 1 aromatic heterocycles. The van der Waals surface area contributed by atoms with Gasteiger partial charge in [0.15, 0.2) is 5.78 Å². The van der Waals surface area contributed by atoms with Crippen LogP contribution in [0.3, 0.4) is 0 Å². The lowest BCUT2D eigenvalue weighted by Crippen LogP contribution is -2.20. The summed E-state index contributed by atoms with van der Waals surface area (Å²) in [6, 6.07) is 0. The van der Waals surface area contributed by atoms with Crippen LogP contribution in [0.5, 0.6) is 0 Å². The monoisotopic (exact) mass is 274 g/mol. The molecule has 0 spiro atoms. The fourth-order valence-corrected chi connectivity index (χ4v) is 2.39. The molecule has 1 aromatic rings. The predicted octanol–water partition coefficient (Wildman–Crippen LogP) is 2.43. The molecule has 0 aromatic carbocycles. The Bertz CT molecular complexity index is 448. The summed E-state index contributed by atoms with van der Waals surface area (Å²) < 4.78 is 19.7. The second kappa shape index (κ2) is 5.80. The van der Waals surface area contributed by atoms with Gasteiger partial charge in [0, 0.05) is 12.8 Å². The predicted molar refractivity (Wildman–Crippen MR) is 65.9 cm³/mol. The number of ether oxygens (including phenoxy) is 1. The lowest BCUT2D eigenvalue weighted by molar-refractivity contribution is 0.0353. The van der Waals surface area contributed by atoms with E-state index in [-0.39, 0.29) is 11.1 Å². The first kappa shape index (κ1) is 13.5. The van der Waals surface area contributed by atoms with Crippen LogP contribution < -0.4 is 0 Å². The topological polar surface area (TPSA) is 44.1 Å². The highest BCUT2D eigenvalue weighted by Gasteiger charge is 2.25. The smallest absolute Gasteiger partial charge is 0.203 e. The molecule has 6 heteroatoms. The van der Waals surface area contributed by atoms with Crippen LogP contribution in [0.25, 0.3) is 0 Å². The Morgan fingerprint density at radius 2 is 2.44 bits per heavy atom. The Kier molecular flexibility index (Phi) is 4.35. The molecular formula is C12H16ClFN2O2. The molecule has 1 aliphatic rings. The molecule has 0 radical (unpaired) electrons. The van der Waals surface area contributed by atoms with Crippen LogP contribution in [0.1, 0.15) is 35.9 Å². The lowest BCUT2D eigenvalue weighted by Gasteiger charge is -2.11. The molecule has 0 N–H and O–H groups in total. The maximum atomic E-state index is 12.7. The summed E-state index contributed by atoms with van der Waals surface area (Å²) in [7, 11) is 0. The van der Waals surface area contributed by atoms with Crippen LogP contribution in [0.2, 0.25) is 5.28 Å². The van der Waals surface area contributed by atoms with Crippen molar-refractivity contribution in [3.63, 3.8) is 0 Å². The number of nitrogens with zero attached hydrogens (tertiary/aromatic N) is 2. The first-order valence-corrected chi connectivity index (χ1v) is 6.50. The zero-order chi connectivity index (χ0) is 13.1. The highest BCUT2D eigenvalue weighted by Crippen LogP contribution is 2.22. The van der Waals surface area contributed by atoms with Crippen molar-refractivity contribution in [1.29, 1.82) is 0 Å². The number of imidazole rings is 1. The third kappa shape index (κ3) is 2.57. The maximum Gasteiger partial charge on any atom is 0.203 e. The maximum absolute atomic E-state index is 12.7. The minimum Gasteiger partial charge on any atom is -0.373 e. The van der Waals surface area contributed by atoms with Gasteiger partial charge in [-0.25, -0.2) is 9.37 Å². The Balaban J connectivity index is 2.33. The summed E-state index contributed by atoms with van der Waals surface area (Å²) in [6.07, 6.45) is 1.26. The van der Waals surface area contributed by atoms with Crippen molar-refractivity contribution in [2.24, 2.45) is 0 Å². The summed E-state index contributed by atoms with van der Waals surface area (Å²) in [5.74, 6) is -0.00755. The zero-order valence-corrected chi connectivity index (χ0v) is 11.0. The first-order chi connectivity index (χ1) is 8.67. The van der Waals surface area contributed by atoms with Gasteiger partial charge in [0.25, 0.3) is 0 Å². The van der Waals surface area contributed by atoms with Crippen LogP contribution >= 0.6 is 11.6 Å². The number of ketones is 1. The molecule has 0 fully saturated rings. The number of rotatable bonds is 4. The van der Waals surface area contributed by atoms with E-state index in [0.29, 0.717) is 31.7 Å². The number of alkyl halides is 1. The normalized spacial score (nSPS) is 19.4. The van der Waals surface area contributed by atoms with Crippen molar-refractivity contribution >= 4 is 17.4 Å². The molecule has 2 heterocycles. The minimum absolute atomic E-state index is 0.00755. The molecular weight excluding hydrogens is 259 g/mol. The van der Waals surface area contributed by atoms with Crippen molar-refractivity contribution in [2.75, 3.05) is 13.3 Å². The van der Waals surface area contributed by atoms with E-state index in [1.54, 1.807) is 4.57 Å². The van der Waals surface area contributed by atoms with Crippen molar-refractivity contribution < 1.29 is 13.9 Å². The number of aromatic nitrogens is 2. The molecule has 100 valence electrons. The van der Waals surface area contributed by atoms with Gasteiger partial charge in [0.2, 0.25) is 5.28 Å². The Morgan fingerprint density at radius 3 is 3.11 bits per heavy atom. The summed E-state index contributed by atoms with van der Waals surface area (Å²) in [5, 5.41) is 0.244. The molecule has 0 amide bonds. The van der Waals surface area contributed by atoms with Crippen molar-refractivity contribution in [3.8, 4) is 0 Å². The average molecular weight is 275 g/mol. The minimum atomic E-state index is -0.563. The molecule has 1 atom stereocenters. The largest absolute Gasteiger partial charge is 0.373 e. The second-order valence-electron chi connectivity index (χ2n) is 4.36. The molecule has 0 saturated heterocycles. The van der Waals surface area contributed by atoms with Crippen LogP contribution in [0.4, 0.5) is 4.39 Å². The highest BCUT2D eigenvalue weighted by atomic mass is 35.5. The van der Waals surface area contributed by atoms with Crippen LogP contribution in [0.15, 0.2) is 0 Å². The van der Waals surface area contributed by atoms with Gasteiger partial charge in [-0.1, -0.05) is 6.92 Å². The fourth-order valence-electron chi connectivity index (χ4n) is 2.14. The van der Waals surface area contributed by atoms with Gasteiger partial charge >= 0.3 is 0 Å². The number of carbonyl (C=O) groups is 1. The van der Waals surface area contributed by atoms with E-state index in [9.17, 15) is 9.18 Å². The van der Waals surface area contributed by atoms with E-state index >= 15 is 0 Å². The fraction of sp³-hybridized carbons (Fsp3) is 0.667. The standard InChI is InChI=1S/C12H16ClFN2O2/c1-2-3-10(17)11-9-4-5-18-8(6-14)7-16(9)12(13)15-11/h8H,2-7H2,1H3/t8-/m1/s1. The zero-order valence-electron chi connectivity index (χ0n) is 10.3. The molecule has 1 aliphatic heterocycles. The van der Waals surface area contributed by atoms with Gasteiger partial charge in [0.1, 0.15) is 18.5 Å². The Labute approximate surface area is 110 Å². The van der Waals surface area contributed by atoms with Gasteiger partial charge in [0.05, 0.1) is 18.8 Å². The molecule has 0 saturated carbocycles. The first-order valence-electron chi connectivity index (χ1n) is 6.13. The van der Waals surface area contributed by atoms with Crippen LogP contribution in [-0.4, -0.2) is 34.7 Å². The van der Waals surface area contributed by atoms with Crippen molar-refractivity contribution in [2.45, 2.75) is 38.8 Å². The third-order valence-corrected chi connectivity index (χ3v) is 3.31. The third-order valence-electron chi connectivity index (χ3n) is 3.02. The molecule has 0 bridgehead atoms. The van der Waals surface area contributed by atoms with E-state index < -0.39 is 12.8 Å². The molecule has 0 aliphatic carbocycles. The summed E-state index contributed by atoms with van der Waals surface area (Å²) in [4.78, 5) is 16.1. The van der Waals surface area contributed by atoms with Gasteiger partial charge in [-0.05, 0) is 18.0 Å². The van der Waals surface area contributed by atoms with E-state index in [1.165, 1.54) is 0 Å². The van der Waals surface area contributed by atoms with Gasteiger partial charge in [-0.15, -0.1) is 0 Å². The van der Waals surface area contributed by atoms with E-state index in [1.807, 2.05) is 6.92 Å². The van der Waals surface area contributed by atoms with Crippen LogP contribution in [0, 0.1) is 0 Å². The summed E-state index contributed by atoms with van der Waals surface area (Å²) >= 11 is 6.02. The van der Waals surface area contributed by atoms with Gasteiger partial charge in [-0.2, -0.15) is 0 Å². The molecule has 18 heavy (non-hydrogen) atoms. The highest BCUT2D eigenvalue weighted by molar-refractivity contribution is 6.28. The number of carbonyl (C=O) groups excluding carboxylic acids is 1. The SMILES string of the molecule is CCCC(=O)c1nc(Cl)n2c1CCO[C@H](CF)C2. The number of Topliss-reactive ketones (excluding diaryl/α,β-unsaturated/α-hetero) is 1. The second-order valence-corrected chi connectivity index (χ2v) is 4.70. The summed E-state index contributed by atoms with van der Waals surface area (Å²) in [5.41, 5.74) is 1.19. The quantitative estimate of drug-likeness (QED) is 0.792. The van der Waals surface area contributed by atoms with Crippen molar-refractivity contribution in [3.05, 3.63) is 16.7 Å².